The minimum atomic E-state index is -0.111. The molecule has 6 nitrogen and oxygen atoms in total. The minimum Gasteiger partial charge on any atom is -0.392 e. The molecule has 1 saturated heterocycles. The second-order valence-corrected chi connectivity index (χ2v) is 7.12. The molecule has 4 rings (SSSR count). The van der Waals surface area contributed by atoms with Crippen molar-refractivity contribution in [3.63, 3.8) is 0 Å². The fourth-order valence-electron chi connectivity index (χ4n) is 3.93. The third-order valence-corrected chi connectivity index (χ3v) is 5.54. The highest BCUT2D eigenvalue weighted by molar-refractivity contribution is 5.89. The van der Waals surface area contributed by atoms with Gasteiger partial charge in [-0.05, 0) is 49.3 Å². The number of aryl methyl sites for hydroxylation is 1. The van der Waals surface area contributed by atoms with E-state index in [0.717, 1.165) is 73.0 Å². The van der Waals surface area contributed by atoms with Gasteiger partial charge in [0.25, 0.3) is 0 Å². The van der Waals surface area contributed by atoms with Crippen LogP contribution in [0.1, 0.15) is 30.5 Å². The van der Waals surface area contributed by atoms with Crippen molar-refractivity contribution in [2.24, 2.45) is 5.92 Å². The Bertz CT molecular complexity index is 915. The van der Waals surface area contributed by atoms with Crippen LogP contribution < -0.4 is 0 Å². The smallest absolute Gasteiger partial charge is 0.209 e. The first kappa shape index (κ1) is 17.7. The van der Waals surface area contributed by atoms with E-state index in [1.54, 1.807) is 12.4 Å². The third kappa shape index (κ3) is 3.57. The van der Waals surface area contributed by atoms with Gasteiger partial charge in [-0.3, -0.25) is 9.78 Å². The monoisotopic (exact) mass is 365 g/mol. The fourth-order valence-corrected chi connectivity index (χ4v) is 3.93. The summed E-state index contributed by atoms with van der Waals surface area (Å²) in [5.41, 5.74) is 4.21. The van der Waals surface area contributed by atoms with Crippen molar-refractivity contribution >= 4 is 17.4 Å². The molecular formula is C21H23N3O3. The van der Waals surface area contributed by atoms with Crippen molar-refractivity contribution in [1.82, 2.24) is 15.0 Å². The van der Waals surface area contributed by atoms with E-state index in [4.69, 9.17) is 4.52 Å². The Kier molecular flexibility index (Phi) is 5.16. The minimum absolute atomic E-state index is 0.111. The molecule has 1 aromatic carbocycles. The Hall–Kier alpha value is -2.73. The summed E-state index contributed by atoms with van der Waals surface area (Å²) in [6.07, 6.45) is 8.42. The fraction of sp³-hybridized carbons (Fsp3) is 0.381. The summed E-state index contributed by atoms with van der Waals surface area (Å²) in [6, 6.07) is 7.88. The van der Waals surface area contributed by atoms with Crippen molar-refractivity contribution in [3.05, 3.63) is 47.9 Å². The number of rotatable bonds is 6. The predicted octanol–water partition coefficient (Wildman–Crippen LogP) is 3.18. The Morgan fingerprint density at radius 1 is 1.26 bits per heavy atom. The Morgan fingerprint density at radius 2 is 2.11 bits per heavy atom. The zero-order chi connectivity index (χ0) is 18.6. The molecule has 0 radical (unpaired) electrons. The number of hydrogen-bond acceptors (Lipinski definition) is 5. The van der Waals surface area contributed by atoms with Crippen molar-refractivity contribution in [2.75, 3.05) is 13.1 Å². The number of aromatic nitrogens is 2. The first-order valence-corrected chi connectivity index (χ1v) is 9.41. The maximum absolute atomic E-state index is 10.8. The largest absolute Gasteiger partial charge is 0.392 e. The molecule has 27 heavy (non-hydrogen) atoms. The van der Waals surface area contributed by atoms with E-state index in [1.165, 1.54) is 0 Å². The quantitative estimate of drug-likeness (QED) is 0.679. The normalized spacial score (nSPS) is 15.4. The number of benzene rings is 1. The molecular weight excluding hydrogens is 342 g/mol. The molecule has 6 heteroatoms. The number of carbonyl (C=O) groups is 1. The first-order valence-electron chi connectivity index (χ1n) is 9.41. The van der Waals surface area contributed by atoms with Gasteiger partial charge in [-0.2, -0.15) is 0 Å². The summed E-state index contributed by atoms with van der Waals surface area (Å²) in [4.78, 5) is 16.8. The molecule has 0 saturated carbocycles. The van der Waals surface area contributed by atoms with E-state index >= 15 is 0 Å². The molecule has 1 aliphatic rings. The highest BCUT2D eigenvalue weighted by Gasteiger charge is 2.20. The summed E-state index contributed by atoms with van der Waals surface area (Å²) in [6.45, 7) is 1.58. The van der Waals surface area contributed by atoms with Gasteiger partial charge < -0.3 is 14.5 Å². The van der Waals surface area contributed by atoms with Crippen LogP contribution in [-0.2, 0) is 17.8 Å². The van der Waals surface area contributed by atoms with Gasteiger partial charge in [-0.25, -0.2) is 0 Å². The van der Waals surface area contributed by atoms with Crippen LogP contribution in [0.2, 0.25) is 0 Å². The van der Waals surface area contributed by atoms with Gasteiger partial charge in [-0.1, -0.05) is 17.3 Å². The van der Waals surface area contributed by atoms with E-state index in [0.29, 0.717) is 11.5 Å². The molecule has 3 aromatic rings. The maximum Gasteiger partial charge on any atom is 0.209 e. The van der Waals surface area contributed by atoms with Gasteiger partial charge in [0, 0.05) is 42.0 Å². The van der Waals surface area contributed by atoms with Crippen LogP contribution in [0.15, 0.2) is 41.2 Å². The molecule has 0 aliphatic carbocycles. The number of hydrogen-bond donors (Lipinski definition) is 1. The van der Waals surface area contributed by atoms with Gasteiger partial charge in [0.05, 0.1) is 12.3 Å². The van der Waals surface area contributed by atoms with Crippen LogP contribution in [-0.4, -0.2) is 39.6 Å². The van der Waals surface area contributed by atoms with Gasteiger partial charge in [0.1, 0.15) is 0 Å². The number of piperidine rings is 1. The number of fused-ring (bicyclic) bond motifs is 1. The zero-order valence-electron chi connectivity index (χ0n) is 15.2. The molecule has 0 spiro atoms. The molecule has 1 fully saturated rings. The molecule has 140 valence electrons. The molecule has 0 bridgehead atoms. The van der Waals surface area contributed by atoms with Crippen molar-refractivity contribution < 1.29 is 14.4 Å². The van der Waals surface area contributed by atoms with E-state index in [2.05, 4.69) is 10.1 Å². The lowest BCUT2D eigenvalue weighted by Crippen LogP contribution is -2.32. The average Bonchev–Trinajstić information content (AvgIpc) is 3.15. The molecule has 0 unspecified atom stereocenters. The van der Waals surface area contributed by atoms with Crippen LogP contribution in [0.25, 0.3) is 22.1 Å². The topological polar surface area (TPSA) is 79.5 Å². The number of carbonyl (C=O) groups excluding carboxylic acids is 1. The van der Waals surface area contributed by atoms with Crippen LogP contribution in [0.3, 0.4) is 0 Å². The lowest BCUT2D eigenvalue weighted by molar-refractivity contribution is -0.119. The number of likely N-dealkylation sites (tertiary alicyclic amines) is 1. The second kappa shape index (κ2) is 7.88. The van der Waals surface area contributed by atoms with Crippen LogP contribution in [0, 0.1) is 5.92 Å². The molecule has 3 heterocycles. The summed E-state index contributed by atoms with van der Waals surface area (Å²) >= 11 is 0. The van der Waals surface area contributed by atoms with Crippen LogP contribution >= 0.6 is 0 Å². The average molecular weight is 365 g/mol. The van der Waals surface area contributed by atoms with Gasteiger partial charge >= 0.3 is 0 Å². The summed E-state index contributed by atoms with van der Waals surface area (Å²) in [5, 5.41) is 15.2. The number of pyridine rings is 1. The van der Waals surface area contributed by atoms with Crippen molar-refractivity contribution in [3.8, 4) is 11.1 Å². The van der Waals surface area contributed by atoms with Crippen molar-refractivity contribution in [2.45, 2.75) is 32.3 Å². The first-order chi connectivity index (χ1) is 13.3. The standard InChI is InChI=1S/C21H23N3O3/c25-13-19-17(16-2-1-9-22-12-16)4-5-18-20(23-27-21(18)19)6-3-15-7-10-24(14-26)11-8-15/h1-2,4-5,9,12,14-15,25H,3,6-8,10-11,13H2. The maximum atomic E-state index is 10.8. The summed E-state index contributed by atoms with van der Waals surface area (Å²) in [7, 11) is 0. The molecule has 1 amide bonds. The Morgan fingerprint density at radius 3 is 2.81 bits per heavy atom. The highest BCUT2D eigenvalue weighted by atomic mass is 16.5. The SMILES string of the molecule is O=CN1CCC(CCc2noc3c(CO)c(-c4cccnc4)ccc23)CC1. The number of aliphatic hydroxyl groups is 1. The Balaban J connectivity index is 1.54. The second-order valence-electron chi connectivity index (χ2n) is 7.12. The van der Waals surface area contributed by atoms with Gasteiger partial charge in [0.2, 0.25) is 6.41 Å². The lowest BCUT2D eigenvalue weighted by Gasteiger charge is -2.28. The third-order valence-electron chi connectivity index (χ3n) is 5.54. The number of nitrogens with zero attached hydrogens (tertiary/aromatic N) is 3. The van der Waals surface area contributed by atoms with E-state index in [9.17, 15) is 9.90 Å². The van der Waals surface area contributed by atoms with Crippen LogP contribution in [0.4, 0.5) is 0 Å². The van der Waals surface area contributed by atoms with Crippen molar-refractivity contribution in [1.29, 1.82) is 0 Å². The molecule has 1 N–H and O–H groups in total. The van der Waals surface area contributed by atoms with E-state index in [-0.39, 0.29) is 6.61 Å². The molecule has 0 atom stereocenters. The van der Waals surface area contributed by atoms with Gasteiger partial charge in [-0.15, -0.1) is 0 Å². The Labute approximate surface area is 157 Å². The van der Waals surface area contributed by atoms with E-state index in [1.807, 2.05) is 29.2 Å². The van der Waals surface area contributed by atoms with E-state index < -0.39 is 0 Å². The highest BCUT2D eigenvalue weighted by Crippen LogP contribution is 2.32. The van der Waals surface area contributed by atoms with Crippen LogP contribution in [0.5, 0.6) is 0 Å². The molecule has 2 aromatic heterocycles. The number of aliphatic hydroxyl groups excluding tert-OH is 1. The summed E-state index contributed by atoms with van der Waals surface area (Å²) in [5.74, 6) is 0.611. The van der Waals surface area contributed by atoms with Gasteiger partial charge in [0.15, 0.2) is 5.58 Å². The zero-order valence-corrected chi connectivity index (χ0v) is 15.2. The summed E-state index contributed by atoms with van der Waals surface area (Å²) < 4.78 is 5.62. The number of amides is 1. The predicted molar refractivity (Wildman–Crippen MR) is 102 cm³/mol. The lowest BCUT2D eigenvalue weighted by atomic mass is 9.91. The molecule has 1 aliphatic heterocycles.